The fraction of sp³-hybridized carbons (Fsp3) is 0.231. The number of rotatable bonds is 3. The van der Waals surface area contributed by atoms with Crippen LogP contribution in [0.2, 0.25) is 5.02 Å². The van der Waals surface area contributed by atoms with Gasteiger partial charge in [-0.25, -0.2) is 0 Å². The summed E-state index contributed by atoms with van der Waals surface area (Å²) in [6, 6.07) is 7.81. The highest BCUT2D eigenvalue weighted by Crippen LogP contribution is 2.26. The average molecular weight is 236 g/mol. The van der Waals surface area contributed by atoms with Crippen LogP contribution in [0.3, 0.4) is 0 Å². The molecular formula is C13H14ClNO. The van der Waals surface area contributed by atoms with Crippen LogP contribution in [0.25, 0.3) is 0 Å². The molecule has 0 bridgehead atoms. The first-order valence-corrected chi connectivity index (χ1v) is 5.58. The van der Waals surface area contributed by atoms with E-state index in [1.54, 1.807) is 6.26 Å². The lowest BCUT2D eigenvalue weighted by atomic mass is 10.2. The van der Waals surface area contributed by atoms with E-state index in [9.17, 15) is 0 Å². The predicted octanol–water partition coefficient (Wildman–Crippen LogP) is 4.16. The zero-order valence-electron chi connectivity index (χ0n) is 9.38. The quantitative estimate of drug-likeness (QED) is 0.864. The predicted molar refractivity (Wildman–Crippen MR) is 67.0 cm³/mol. The largest absolute Gasteiger partial charge is 0.467 e. The molecule has 1 heterocycles. The Bertz CT molecular complexity index is 470. The first-order valence-electron chi connectivity index (χ1n) is 5.20. The second kappa shape index (κ2) is 4.62. The summed E-state index contributed by atoms with van der Waals surface area (Å²) in [7, 11) is 0. The number of benzene rings is 1. The van der Waals surface area contributed by atoms with Crippen molar-refractivity contribution in [2.24, 2.45) is 0 Å². The zero-order valence-corrected chi connectivity index (χ0v) is 10.1. The first-order chi connectivity index (χ1) is 7.68. The van der Waals surface area contributed by atoms with E-state index in [2.05, 4.69) is 5.32 Å². The number of hydrogen-bond acceptors (Lipinski definition) is 2. The van der Waals surface area contributed by atoms with Crippen molar-refractivity contribution in [3.8, 4) is 0 Å². The summed E-state index contributed by atoms with van der Waals surface area (Å²) < 4.78 is 5.36. The second-order valence-corrected chi connectivity index (χ2v) is 4.22. The van der Waals surface area contributed by atoms with E-state index >= 15 is 0 Å². The van der Waals surface area contributed by atoms with Crippen LogP contribution in [0, 0.1) is 13.8 Å². The van der Waals surface area contributed by atoms with Gasteiger partial charge in [-0.1, -0.05) is 23.7 Å². The molecule has 2 rings (SSSR count). The monoisotopic (exact) mass is 235 g/mol. The van der Waals surface area contributed by atoms with Crippen molar-refractivity contribution in [3.63, 3.8) is 0 Å². The molecule has 0 fully saturated rings. The molecule has 3 heteroatoms. The van der Waals surface area contributed by atoms with Gasteiger partial charge in [0.2, 0.25) is 0 Å². The van der Waals surface area contributed by atoms with Gasteiger partial charge in [0.25, 0.3) is 0 Å². The van der Waals surface area contributed by atoms with E-state index in [1.165, 1.54) is 0 Å². The summed E-state index contributed by atoms with van der Waals surface area (Å²) in [5.74, 6) is 0.944. The van der Waals surface area contributed by atoms with Crippen molar-refractivity contribution in [2.45, 2.75) is 20.4 Å². The zero-order chi connectivity index (χ0) is 11.5. The molecule has 1 aromatic heterocycles. The lowest BCUT2D eigenvalue weighted by molar-refractivity contribution is 0.515. The first kappa shape index (κ1) is 11.1. The van der Waals surface area contributed by atoms with Gasteiger partial charge in [-0.05, 0) is 37.1 Å². The molecule has 0 aliphatic carbocycles. The number of halogens is 1. The standard InChI is InChI=1S/C13H14ClNO/c1-9-6-7-16-12(9)8-15-13-10(2)4-3-5-11(13)14/h3-7,15H,8H2,1-2H3. The topological polar surface area (TPSA) is 25.2 Å². The van der Waals surface area contributed by atoms with Crippen LogP contribution < -0.4 is 5.32 Å². The summed E-state index contributed by atoms with van der Waals surface area (Å²) in [5, 5.41) is 4.04. The van der Waals surface area contributed by atoms with Crippen LogP contribution in [0.4, 0.5) is 5.69 Å². The molecule has 2 nitrogen and oxygen atoms in total. The van der Waals surface area contributed by atoms with Crippen molar-refractivity contribution in [1.29, 1.82) is 0 Å². The Hall–Kier alpha value is -1.41. The molecule has 0 saturated heterocycles. The van der Waals surface area contributed by atoms with Gasteiger partial charge in [0, 0.05) is 0 Å². The van der Waals surface area contributed by atoms with E-state index in [0.717, 1.165) is 27.6 Å². The molecule has 1 N–H and O–H groups in total. The molecule has 0 amide bonds. The van der Waals surface area contributed by atoms with E-state index in [0.29, 0.717) is 6.54 Å². The molecule has 84 valence electrons. The number of anilines is 1. The number of furan rings is 1. The lowest BCUT2D eigenvalue weighted by Gasteiger charge is -2.10. The summed E-state index contributed by atoms with van der Waals surface area (Å²) in [4.78, 5) is 0. The molecule has 0 radical (unpaired) electrons. The van der Waals surface area contributed by atoms with Crippen molar-refractivity contribution >= 4 is 17.3 Å². The fourth-order valence-electron chi connectivity index (χ4n) is 1.61. The normalized spacial score (nSPS) is 10.4. The van der Waals surface area contributed by atoms with Gasteiger partial charge in [0.05, 0.1) is 23.5 Å². The second-order valence-electron chi connectivity index (χ2n) is 3.81. The number of para-hydroxylation sites is 1. The molecule has 0 aliphatic heterocycles. The Morgan fingerprint density at radius 2 is 2.00 bits per heavy atom. The number of hydrogen-bond donors (Lipinski definition) is 1. The van der Waals surface area contributed by atoms with Gasteiger partial charge >= 0.3 is 0 Å². The SMILES string of the molecule is Cc1ccoc1CNc1c(C)cccc1Cl. The molecule has 2 aromatic rings. The maximum atomic E-state index is 6.12. The number of aryl methyl sites for hydroxylation is 2. The highest BCUT2D eigenvalue weighted by atomic mass is 35.5. The molecular weight excluding hydrogens is 222 g/mol. The van der Waals surface area contributed by atoms with Crippen molar-refractivity contribution in [3.05, 3.63) is 52.4 Å². The minimum Gasteiger partial charge on any atom is -0.467 e. The highest BCUT2D eigenvalue weighted by molar-refractivity contribution is 6.33. The Kier molecular flexibility index (Phi) is 3.20. The summed E-state index contributed by atoms with van der Waals surface area (Å²) >= 11 is 6.12. The van der Waals surface area contributed by atoms with Crippen LogP contribution in [-0.4, -0.2) is 0 Å². The Labute approximate surface area is 100 Å². The van der Waals surface area contributed by atoms with Crippen molar-refractivity contribution in [1.82, 2.24) is 0 Å². The third kappa shape index (κ3) is 2.22. The smallest absolute Gasteiger partial charge is 0.125 e. The van der Waals surface area contributed by atoms with Gasteiger partial charge in [0.15, 0.2) is 0 Å². The van der Waals surface area contributed by atoms with Gasteiger partial charge in [0.1, 0.15) is 5.76 Å². The van der Waals surface area contributed by atoms with Crippen LogP contribution in [-0.2, 0) is 6.54 Å². The van der Waals surface area contributed by atoms with E-state index in [-0.39, 0.29) is 0 Å². The molecule has 16 heavy (non-hydrogen) atoms. The third-order valence-corrected chi connectivity index (χ3v) is 2.93. The van der Waals surface area contributed by atoms with Gasteiger partial charge in [-0.2, -0.15) is 0 Å². The number of nitrogens with one attached hydrogen (secondary N) is 1. The summed E-state index contributed by atoms with van der Waals surface area (Å²) in [5.41, 5.74) is 3.26. The maximum Gasteiger partial charge on any atom is 0.125 e. The minimum absolute atomic E-state index is 0.656. The Morgan fingerprint density at radius 3 is 2.62 bits per heavy atom. The Morgan fingerprint density at radius 1 is 1.19 bits per heavy atom. The molecule has 0 spiro atoms. The van der Waals surface area contributed by atoms with Crippen LogP contribution in [0.15, 0.2) is 34.9 Å². The van der Waals surface area contributed by atoms with E-state index < -0.39 is 0 Å². The fourth-order valence-corrected chi connectivity index (χ4v) is 1.90. The Balaban J connectivity index is 2.14. The third-order valence-electron chi connectivity index (χ3n) is 2.62. The van der Waals surface area contributed by atoms with Crippen LogP contribution in [0.1, 0.15) is 16.9 Å². The highest BCUT2D eigenvalue weighted by Gasteiger charge is 2.05. The molecule has 0 saturated carbocycles. The molecule has 0 aliphatic rings. The average Bonchev–Trinajstić information content (AvgIpc) is 2.64. The summed E-state index contributed by atoms with van der Waals surface area (Å²) in [6.07, 6.45) is 1.70. The lowest BCUT2D eigenvalue weighted by Crippen LogP contribution is -2.01. The maximum absolute atomic E-state index is 6.12. The molecule has 0 atom stereocenters. The van der Waals surface area contributed by atoms with Crippen LogP contribution in [0.5, 0.6) is 0 Å². The molecule has 0 unspecified atom stereocenters. The van der Waals surface area contributed by atoms with Gasteiger partial charge < -0.3 is 9.73 Å². The van der Waals surface area contributed by atoms with Crippen LogP contribution >= 0.6 is 11.6 Å². The minimum atomic E-state index is 0.656. The van der Waals surface area contributed by atoms with Gasteiger partial charge in [-0.15, -0.1) is 0 Å². The summed E-state index contributed by atoms with van der Waals surface area (Å²) in [6.45, 7) is 4.71. The van der Waals surface area contributed by atoms with Crippen molar-refractivity contribution in [2.75, 3.05) is 5.32 Å². The van der Waals surface area contributed by atoms with Gasteiger partial charge in [-0.3, -0.25) is 0 Å². The van der Waals surface area contributed by atoms with E-state index in [1.807, 2.05) is 38.1 Å². The van der Waals surface area contributed by atoms with Crippen molar-refractivity contribution < 1.29 is 4.42 Å². The van der Waals surface area contributed by atoms with E-state index in [4.69, 9.17) is 16.0 Å². The molecule has 1 aromatic carbocycles.